The Balaban J connectivity index is 1.64. The Bertz CT molecular complexity index is 1240. The van der Waals surface area contributed by atoms with Gasteiger partial charge in [-0.2, -0.15) is 0 Å². The van der Waals surface area contributed by atoms with E-state index in [9.17, 15) is 19.7 Å². The van der Waals surface area contributed by atoms with Crippen LogP contribution in [0.2, 0.25) is 0 Å². The highest BCUT2D eigenvalue weighted by Crippen LogP contribution is 2.23. The largest absolute Gasteiger partial charge is 0.325 e. The lowest BCUT2D eigenvalue weighted by atomic mass is 10.2. The molecule has 0 aliphatic heterocycles. The van der Waals surface area contributed by atoms with Crippen molar-refractivity contribution in [3.8, 4) is 0 Å². The van der Waals surface area contributed by atoms with Gasteiger partial charge in [0.25, 0.3) is 5.69 Å². The molecule has 0 saturated heterocycles. The normalized spacial score (nSPS) is 10.5. The Morgan fingerprint density at radius 3 is 2.59 bits per heavy atom. The lowest BCUT2D eigenvalue weighted by molar-refractivity contribution is -0.385. The smallest absolute Gasteiger partial charge is 0.274 e. The molecule has 34 heavy (non-hydrogen) atoms. The highest BCUT2D eigenvalue weighted by Gasteiger charge is 2.17. The molecule has 0 fully saturated rings. The average Bonchev–Trinajstić information content (AvgIpc) is 3.16. The fourth-order valence-electron chi connectivity index (χ4n) is 3.13. The van der Waals surface area contributed by atoms with Crippen LogP contribution in [0, 0.1) is 24.0 Å². The lowest BCUT2D eigenvalue weighted by Gasteiger charge is -2.10. The van der Waals surface area contributed by atoms with E-state index >= 15 is 0 Å². The maximum atomic E-state index is 12.5. The first-order valence-corrected chi connectivity index (χ1v) is 11.3. The van der Waals surface area contributed by atoms with Gasteiger partial charge in [0.05, 0.1) is 17.1 Å². The van der Waals surface area contributed by atoms with Crippen molar-refractivity contribution < 1.29 is 14.5 Å². The average molecular weight is 481 g/mol. The van der Waals surface area contributed by atoms with Crippen molar-refractivity contribution >= 4 is 40.6 Å². The van der Waals surface area contributed by atoms with E-state index in [1.807, 2.05) is 31.2 Å². The predicted octanol–water partition coefficient (Wildman–Crippen LogP) is 3.90. The van der Waals surface area contributed by atoms with E-state index in [2.05, 4.69) is 27.4 Å². The number of benzene rings is 2. The number of nitrogens with one attached hydrogen (secondary N) is 2. The molecule has 3 rings (SSSR count). The van der Waals surface area contributed by atoms with Gasteiger partial charge in [-0.05, 0) is 31.5 Å². The van der Waals surface area contributed by atoms with Crippen LogP contribution in [-0.4, -0.2) is 37.3 Å². The monoisotopic (exact) mass is 480 g/mol. The second kappa shape index (κ2) is 11.2. The van der Waals surface area contributed by atoms with Crippen LogP contribution in [-0.2, 0) is 22.6 Å². The third-order valence-corrected chi connectivity index (χ3v) is 5.83. The Kier molecular flexibility index (Phi) is 8.14. The van der Waals surface area contributed by atoms with Gasteiger partial charge < -0.3 is 15.2 Å². The molecule has 2 amide bonds. The van der Waals surface area contributed by atoms with E-state index in [0.29, 0.717) is 28.8 Å². The molecule has 3 aromatic rings. The van der Waals surface area contributed by atoms with Crippen molar-refractivity contribution in [3.05, 3.63) is 82.2 Å². The maximum absolute atomic E-state index is 12.5. The number of aromatic nitrogens is 3. The molecule has 10 nitrogen and oxygen atoms in total. The molecule has 2 N–H and O–H groups in total. The standard InChI is InChI=1S/C23H24N6O4S/c1-4-11-28-20(13-21(30)25-18-8-6-5-7-15(18)2)26-27-23(28)34-14-22(31)24-17-10-9-16(3)19(12-17)29(32)33/h4-10,12H,1,11,13-14H2,2-3H3,(H,24,31)(H,25,30). The summed E-state index contributed by atoms with van der Waals surface area (Å²) in [5.74, 6) is -0.132. The number of aryl methyl sites for hydroxylation is 2. The molecule has 2 aromatic carbocycles. The quantitative estimate of drug-likeness (QED) is 0.195. The number of carbonyl (C=O) groups excluding carboxylic acids is 2. The Hall–Kier alpha value is -3.99. The van der Waals surface area contributed by atoms with Crippen molar-refractivity contribution in [2.24, 2.45) is 0 Å². The highest BCUT2D eigenvalue weighted by molar-refractivity contribution is 7.99. The number of nitrogens with zero attached hydrogens (tertiary/aromatic N) is 4. The van der Waals surface area contributed by atoms with Gasteiger partial charge >= 0.3 is 0 Å². The third kappa shape index (κ3) is 6.29. The van der Waals surface area contributed by atoms with Gasteiger partial charge in [-0.25, -0.2) is 0 Å². The van der Waals surface area contributed by atoms with Gasteiger partial charge in [0, 0.05) is 29.5 Å². The first-order valence-electron chi connectivity index (χ1n) is 10.3. The van der Waals surface area contributed by atoms with E-state index in [-0.39, 0.29) is 29.7 Å². The molecule has 0 saturated carbocycles. The first-order chi connectivity index (χ1) is 16.3. The summed E-state index contributed by atoms with van der Waals surface area (Å²) in [6, 6.07) is 12.0. The molecule has 176 valence electrons. The van der Waals surface area contributed by atoms with Crippen LogP contribution in [0.1, 0.15) is 17.0 Å². The number of para-hydroxylation sites is 1. The summed E-state index contributed by atoms with van der Waals surface area (Å²) in [6.07, 6.45) is 1.66. The molecule has 1 aromatic heterocycles. The number of thioether (sulfide) groups is 1. The van der Waals surface area contributed by atoms with Crippen molar-refractivity contribution in [2.45, 2.75) is 32.0 Å². The van der Waals surface area contributed by atoms with Gasteiger partial charge in [-0.3, -0.25) is 19.7 Å². The molecule has 11 heteroatoms. The number of hydrogen-bond acceptors (Lipinski definition) is 7. The summed E-state index contributed by atoms with van der Waals surface area (Å²) >= 11 is 1.15. The summed E-state index contributed by atoms with van der Waals surface area (Å²) in [5, 5.41) is 25.3. The van der Waals surface area contributed by atoms with Crippen molar-refractivity contribution in [3.63, 3.8) is 0 Å². The molecule has 0 atom stereocenters. The van der Waals surface area contributed by atoms with Crippen molar-refractivity contribution in [1.29, 1.82) is 0 Å². The molecule has 0 unspecified atom stereocenters. The Morgan fingerprint density at radius 1 is 1.12 bits per heavy atom. The summed E-state index contributed by atoms with van der Waals surface area (Å²) < 4.78 is 1.72. The number of nitro benzene ring substituents is 1. The van der Waals surface area contributed by atoms with E-state index in [1.165, 1.54) is 6.07 Å². The van der Waals surface area contributed by atoms with Crippen molar-refractivity contribution in [2.75, 3.05) is 16.4 Å². The third-order valence-electron chi connectivity index (χ3n) is 4.86. The summed E-state index contributed by atoms with van der Waals surface area (Å²) in [7, 11) is 0. The number of amides is 2. The van der Waals surface area contributed by atoms with Crippen LogP contribution in [0.25, 0.3) is 0 Å². The molecule has 0 spiro atoms. The van der Waals surface area contributed by atoms with Gasteiger partial charge in [-0.1, -0.05) is 42.1 Å². The Labute approximate surface area is 200 Å². The van der Waals surface area contributed by atoms with Gasteiger partial charge in [-0.15, -0.1) is 16.8 Å². The van der Waals surface area contributed by atoms with E-state index in [1.54, 1.807) is 29.7 Å². The predicted molar refractivity (Wildman–Crippen MR) is 131 cm³/mol. The number of rotatable bonds is 10. The molecule has 0 aliphatic rings. The van der Waals surface area contributed by atoms with Crippen LogP contribution >= 0.6 is 11.8 Å². The molecule has 1 heterocycles. The first kappa shape index (κ1) is 24.6. The second-order valence-corrected chi connectivity index (χ2v) is 8.38. The molecule has 0 bridgehead atoms. The summed E-state index contributed by atoms with van der Waals surface area (Å²) in [5.41, 5.74) is 2.46. The minimum Gasteiger partial charge on any atom is -0.325 e. The topological polar surface area (TPSA) is 132 Å². The second-order valence-electron chi connectivity index (χ2n) is 7.43. The fraction of sp³-hybridized carbons (Fsp3) is 0.217. The summed E-state index contributed by atoms with van der Waals surface area (Å²) in [6.45, 7) is 7.64. The summed E-state index contributed by atoms with van der Waals surface area (Å²) in [4.78, 5) is 35.5. The minimum atomic E-state index is -0.492. The molecule has 0 aliphatic carbocycles. The van der Waals surface area contributed by atoms with E-state index in [4.69, 9.17) is 0 Å². The van der Waals surface area contributed by atoms with Crippen LogP contribution < -0.4 is 10.6 Å². The SMILES string of the molecule is C=CCn1c(CC(=O)Nc2ccccc2C)nnc1SCC(=O)Nc1ccc(C)c([N+](=O)[O-])c1. The van der Waals surface area contributed by atoms with Gasteiger partial charge in [0.1, 0.15) is 5.82 Å². The van der Waals surface area contributed by atoms with Crippen LogP contribution in [0.15, 0.2) is 60.3 Å². The number of nitro groups is 1. The van der Waals surface area contributed by atoms with Crippen LogP contribution in [0.4, 0.5) is 17.1 Å². The zero-order valence-corrected chi connectivity index (χ0v) is 19.6. The number of carbonyl (C=O) groups is 2. The minimum absolute atomic E-state index is 0.00631. The number of hydrogen-bond donors (Lipinski definition) is 2. The Morgan fingerprint density at radius 2 is 1.88 bits per heavy atom. The molecular weight excluding hydrogens is 456 g/mol. The molecule has 0 radical (unpaired) electrons. The zero-order valence-electron chi connectivity index (χ0n) is 18.8. The van der Waals surface area contributed by atoms with Crippen molar-refractivity contribution in [1.82, 2.24) is 14.8 Å². The number of anilines is 2. The zero-order chi connectivity index (χ0) is 24.7. The van der Waals surface area contributed by atoms with Gasteiger partial charge in [0.15, 0.2) is 5.16 Å². The lowest BCUT2D eigenvalue weighted by Crippen LogP contribution is -2.18. The maximum Gasteiger partial charge on any atom is 0.274 e. The van der Waals surface area contributed by atoms with Gasteiger partial charge in [0.2, 0.25) is 11.8 Å². The highest BCUT2D eigenvalue weighted by atomic mass is 32.2. The van der Waals surface area contributed by atoms with Crippen LogP contribution in [0.3, 0.4) is 0 Å². The van der Waals surface area contributed by atoms with E-state index < -0.39 is 4.92 Å². The van der Waals surface area contributed by atoms with E-state index in [0.717, 1.165) is 23.0 Å². The number of allylic oxidation sites excluding steroid dienone is 1. The fourth-order valence-corrected chi connectivity index (χ4v) is 3.90. The molecular formula is C23H24N6O4S. The van der Waals surface area contributed by atoms with Crippen LogP contribution in [0.5, 0.6) is 0 Å².